The van der Waals surface area contributed by atoms with E-state index in [0.29, 0.717) is 27.9 Å². The molecule has 0 aliphatic carbocycles. The summed E-state index contributed by atoms with van der Waals surface area (Å²) in [5, 5.41) is 10.4. The second-order valence-corrected chi connectivity index (χ2v) is 5.80. The van der Waals surface area contributed by atoms with Crippen molar-refractivity contribution in [2.75, 3.05) is 0 Å². The van der Waals surface area contributed by atoms with Crippen LogP contribution in [0.5, 0.6) is 0 Å². The lowest BCUT2D eigenvalue weighted by Gasteiger charge is -2.13. The van der Waals surface area contributed by atoms with Gasteiger partial charge in [0.15, 0.2) is 0 Å². The molecular weight excluding hydrogens is 350 g/mol. The van der Waals surface area contributed by atoms with Crippen molar-refractivity contribution >= 4 is 27.5 Å². The van der Waals surface area contributed by atoms with Crippen LogP contribution in [0, 0.1) is 11.6 Å². The van der Waals surface area contributed by atoms with Crippen molar-refractivity contribution in [3.05, 3.63) is 68.7 Å². The molecule has 0 saturated carbocycles. The molecule has 0 aromatic heterocycles. The maximum absolute atomic E-state index is 13.0. The minimum atomic E-state index is -0.681. The van der Waals surface area contributed by atoms with Gasteiger partial charge < -0.3 is 5.11 Å². The lowest BCUT2D eigenvalue weighted by Crippen LogP contribution is -2.14. The van der Waals surface area contributed by atoms with Gasteiger partial charge >= 0.3 is 0 Å². The van der Waals surface area contributed by atoms with Crippen LogP contribution in [0.4, 0.5) is 8.78 Å². The maximum atomic E-state index is 13.0. The fourth-order valence-corrected chi connectivity index (χ4v) is 2.71. The second kappa shape index (κ2) is 6.66. The summed E-state index contributed by atoms with van der Waals surface area (Å²) in [7, 11) is 0. The Hall–Kier alpha value is -0.970. The van der Waals surface area contributed by atoms with E-state index < -0.39 is 11.9 Å². The Morgan fingerprint density at radius 3 is 2.15 bits per heavy atom. The maximum Gasteiger partial charge on any atom is 0.124 e. The molecule has 1 N–H and O–H groups in total. The van der Waals surface area contributed by atoms with Crippen LogP contribution in [-0.2, 0) is 12.8 Å². The predicted molar refractivity (Wildman–Crippen MR) is 78.9 cm³/mol. The molecule has 0 bridgehead atoms. The van der Waals surface area contributed by atoms with Crippen molar-refractivity contribution in [2.24, 2.45) is 0 Å². The molecule has 0 amide bonds. The summed E-state index contributed by atoms with van der Waals surface area (Å²) < 4.78 is 26.5. The molecule has 2 aromatic carbocycles. The highest BCUT2D eigenvalue weighted by molar-refractivity contribution is 9.10. The van der Waals surface area contributed by atoms with E-state index in [4.69, 9.17) is 11.6 Å². The van der Waals surface area contributed by atoms with E-state index in [-0.39, 0.29) is 5.82 Å². The van der Waals surface area contributed by atoms with E-state index in [2.05, 4.69) is 15.9 Å². The van der Waals surface area contributed by atoms with Gasteiger partial charge in [0.25, 0.3) is 0 Å². The van der Waals surface area contributed by atoms with E-state index in [1.165, 1.54) is 24.3 Å². The molecule has 0 saturated heterocycles. The average molecular weight is 362 g/mol. The van der Waals surface area contributed by atoms with Crippen LogP contribution >= 0.6 is 27.5 Å². The molecule has 0 radical (unpaired) electrons. The average Bonchev–Trinajstić information content (AvgIpc) is 2.36. The fraction of sp³-hybridized carbons (Fsp3) is 0.200. The van der Waals surface area contributed by atoms with Crippen molar-refractivity contribution in [3.63, 3.8) is 0 Å². The summed E-state index contributed by atoms with van der Waals surface area (Å²) in [4.78, 5) is 0. The van der Waals surface area contributed by atoms with Crippen LogP contribution in [0.3, 0.4) is 0 Å². The standard InChI is InChI=1S/C15H12BrClF2O/c16-14-7-11(18)3-1-9(14)5-13(20)6-10-2-4-12(19)8-15(10)17/h1-4,7-8,13,20H,5-6H2. The first-order valence-corrected chi connectivity index (χ1v) is 7.18. The molecule has 106 valence electrons. The third-order valence-electron chi connectivity index (χ3n) is 2.94. The molecule has 0 spiro atoms. The van der Waals surface area contributed by atoms with Crippen LogP contribution in [0.25, 0.3) is 0 Å². The van der Waals surface area contributed by atoms with Gasteiger partial charge in [-0.25, -0.2) is 8.78 Å². The van der Waals surface area contributed by atoms with Gasteiger partial charge in [-0.05, 0) is 41.8 Å². The molecule has 5 heteroatoms. The van der Waals surface area contributed by atoms with E-state index in [1.807, 2.05) is 0 Å². The molecule has 1 atom stereocenters. The zero-order valence-corrected chi connectivity index (χ0v) is 12.8. The van der Waals surface area contributed by atoms with Gasteiger partial charge in [-0.2, -0.15) is 0 Å². The molecule has 1 nitrogen and oxygen atoms in total. The zero-order valence-electron chi connectivity index (χ0n) is 10.4. The molecule has 1 unspecified atom stereocenters. The Balaban J connectivity index is 2.07. The molecule has 0 aliphatic rings. The van der Waals surface area contributed by atoms with Gasteiger partial charge in [0.1, 0.15) is 11.6 Å². The summed E-state index contributed by atoms with van der Waals surface area (Å²) in [5.41, 5.74) is 1.48. The molecular formula is C15H12BrClF2O. The summed E-state index contributed by atoms with van der Waals surface area (Å²) in [5.74, 6) is -0.744. The topological polar surface area (TPSA) is 20.2 Å². The molecule has 2 aromatic rings. The predicted octanol–water partition coefficient (Wildman–Crippen LogP) is 4.53. The lowest BCUT2D eigenvalue weighted by atomic mass is 10.0. The van der Waals surface area contributed by atoms with Crippen molar-refractivity contribution in [1.82, 2.24) is 0 Å². The number of aliphatic hydroxyl groups is 1. The minimum Gasteiger partial charge on any atom is -0.392 e. The first kappa shape index (κ1) is 15.4. The monoisotopic (exact) mass is 360 g/mol. The highest BCUT2D eigenvalue weighted by Gasteiger charge is 2.12. The van der Waals surface area contributed by atoms with Crippen LogP contribution in [0.2, 0.25) is 5.02 Å². The van der Waals surface area contributed by atoms with Gasteiger partial charge in [0, 0.05) is 15.9 Å². The van der Waals surface area contributed by atoms with E-state index >= 15 is 0 Å². The molecule has 20 heavy (non-hydrogen) atoms. The third-order valence-corrected chi connectivity index (χ3v) is 4.03. The lowest BCUT2D eigenvalue weighted by molar-refractivity contribution is 0.175. The van der Waals surface area contributed by atoms with Gasteiger partial charge in [-0.15, -0.1) is 0 Å². The summed E-state index contributed by atoms with van der Waals surface area (Å²) >= 11 is 9.18. The molecule has 2 rings (SSSR count). The number of hydrogen-bond donors (Lipinski definition) is 1. The zero-order chi connectivity index (χ0) is 14.7. The quantitative estimate of drug-likeness (QED) is 0.848. The Morgan fingerprint density at radius 2 is 1.55 bits per heavy atom. The Morgan fingerprint density at radius 1 is 1.00 bits per heavy atom. The largest absolute Gasteiger partial charge is 0.392 e. The number of hydrogen-bond acceptors (Lipinski definition) is 1. The van der Waals surface area contributed by atoms with Crippen molar-refractivity contribution in [1.29, 1.82) is 0 Å². The van der Waals surface area contributed by atoms with Crippen LogP contribution in [0.1, 0.15) is 11.1 Å². The normalized spacial score (nSPS) is 12.4. The first-order chi connectivity index (χ1) is 9.45. The highest BCUT2D eigenvalue weighted by Crippen LogP contribution is 2.23. The fourth-order valence-electron chi connectivity index (χ4n) is 1.95. The van der Waals surface area contributed by atoms with Crippen LogP contribution in [-0.4, -0.2) is 11.2 Å². The second-order valence-electron chi connectivity index (χ2n) is 4.53. The third kappa shape index (κ3) is 4.01. The van der Waals surface area contributed by atoms with Gasteiger partial charge in [0.05, 0.1) is 6.10 Å². The number of aliphatic hydroxyl groups excluding tert-OH is 1. The number of halogens is 4. The minimum absolute atomic E-state index is 0.294. The highest BCUT2D eigenvalue weighted by atomic mass is 79.9. The van der Waals surface area contributed by atoms with E-state index in [0.717, 1.165) is 5.56 Å². The Bertz CT molecular complexity index is 565. The van der Waals surface area contributed by atoms with Crippen LogP contribution in [0.15, 0.2) is 40.9 Å². The van der Waals surface area contributed by atoms with Crippen molar-refractivity contribution in [2.45, 2.75) is 18.9 Å². The number of rotatable bonds is 4. The van der Waals surface area contributed by atoms with Gasteiger partial charge in [-0.3, -0.25) is 0 Å². The van der Waals surface area contributed by atoms with Crippen molar-refractivity contribution in [3.8, 4) is 0 Å². The SMILES string of the molecule is OC(Cc1ccc(F)cc1Cl)Cc1ccc(F)cc1Br. The molecule has 0 heterocycles. The number of benzene rings is 2. The van der Waals surface area contributed by atoms with Gasteiger partial charge in [0.2, 0.25) is 0 Å². The Labute approximate surface area is 129 Å². The summed E-state index contributed by atoms with van der Waals surface area (Å²) in [6, 6.07) is 8.40. The first-order valence-electron chi connectivity index (χ1n) is 6.01. The Kier molecular flexibility index (Phi) is 5.13. The van der Waals surface area contributed by atoms with E-state index in [1.54, 1.807) is 12.1 Å². The van der Waals surface area contributed by atoms with Crippen LogP contribution < -0.4 is 0 Å². The smallest absolute Gasteiger partial charge is 0.124 e. The molecule has 0 aliphatic heterocycles. The van der Waals surface area contributed by atoms with Crippen molar-refractivity contribution < 1.29 is 13.9 Å². The van der Waals surface area contributed by atoms with E-state index in [9.17, 15) is 13.9 Å². The molecule has 0 fully saturated rings. The summed E-state index contributed by atoms with van der Waals surface area (Å²) in [6.45, 7) is 0. The van der Waals surface area contributed by atoms with Gasteiger partial charge in [-0.1, -0.05) is 39.7 Å². The summed E-state index contributed by atoms with van der Waals surface area (Å²) in [6.07, 6.45) is -0.0166.